The normalized spacial score (nSPS) is 11.7. The van der Waals surface area contributed by atoms with E-state index in [1.807, 2.05) is 11.3 Å². The predicted octanol–water partition coefficient (Wildman–Crippen LogP) is 15.5. The van der Waals surface area contributed by atoms with Gasteiger partial charge in [-0.25, -0.2) is 0 Å². The minimum Gasteiger partial charge on any atom is -0.310 e. The standard InChI is InChI=1S/C52H33NS/c1-2-11-34(12-3-1)38-16-8-17-42(31-38)53(48-21-10-22-49-52(48)47-32-39-14-4-5-15-40(39)33-50(47)54-49)41-28-25-36(26-29-41)43-19-9-20-46-45(43)30-27-37-24-23-35-13-6-7-18-44(35)51(37)46/h1-33H. The molecular weight excluding hydrogens is 671 g/mol. The van der Waals surface area contributed by atoms with E-state index in [-0.39, 0.29) is 0 Å². The Morgan fingerprint density at radius 3 is 1.87 bits per heavy atom. The van der Waals surface area contributed by atoms with Gasteiger partial charge in [0.25, 0.3) is 0 Å². The van der Waals surface area contributed by atoms with E-state index in [2.05, 4.69) is 205 Å². The van der Waals surface area contributed by atoms with Crippen LogP contribution in [0.1, 0.15) is 0 Å². The molecule has 0 fully saturated rings. The maximum absolute atomic E-state index is 2.45. The number of hydrogen-bond acceptors (Lipinski definition) is 2. The lowest BCUT2D eigenvalue weighted by Gasteiger charge is -2.27. The zero-order valence-electron chi connectivity index (χ0n) is 29.4. The third kappa shape index (κ3) is 4.99. The summed E-state index contributed by atoms with van der Waals surface area (Å²) in [7, 11) is 0. The van der Waals surface area contributed by atoms with Crippen LogP contribution in [-0.4, -0.2) is 0 Å². The third-order valence-electron chi connectivity index (χ3n) is 11.0. The summed E-state index contributed by atoms with van der Waals surface area (Å²) in [5.41, 5.74) is 8.26. The van der Waals surface area contributed by atoms with Gasteiger partial charge in [0.05, 0.1) is 5.69 Å². The van der Waals surface area contributed by atoms with Crippen LogP contribution < -0.4 is 4.90 Å². The summed E-state index contributed by atoms with van der Waals surface area (Å²) < 4.78 is 2.59. The molecule has 0 aliphatic carbocycles. The molecule has 0 unspecified atom stereocenters. The first kappa shape index (κ1) is 30.8. The largest absolute Gasteiger partial charge is 0.310 e. The molecule has 1 heterocycles. The highest BCUT2D eigenvalue weighted by atomic mass is 32.1. The molecule has 11 aromatic rings. The molecule has 0 atom stereocenters. The smallest absolute Gasteiger partial charge is 0.0554 e. The molecule has 0 aliphatic rings. The molecule has 0 N–H and O–H groups in total. The summed E-state index contributed by atoms with van der Waals surface area (Å²) in [6.45, 7) is 0. The Labute approximate surface area is 317 Å². The molecule has 252 valence electrons. The summed E-state index contributed by atoms with van der Waals surface area (Å²) in [6, 6.07) is 73.5. The van der Waals surface area contributed by atoms with E-state index in [9.17, 15) is 0 Å². The Morgan fingerprint density at radius 2 is 1.00 bits per heavy atom. The van der Waals surface area contributed by atoms with Crippen LogP contribution in [0.25, 0.3) is 85.5 Å². The molecule has 0 aliphatic heterocycles. The maximum atomic E-state index is 2.45. The number of thiophene rings is 1. The fraction of sp³-hybridized carbons (Fsp3) is 0. The van der Waals surface area contributed by atoms with Gasteiger partial charge in [-0.2, -0.15) is 0 Å². The van der Waals surface area contributed by atoms with Crippen molar-refractivity contribution in [2.24, 2.45) is 0 Å². The van der Waals surface area contributed by atoms with Crippen molar-refractivity contribution in [1.29, 1.82) is 0 Å². The number of benzene rings is 10. The summed E-state index contributed by atoms with van der Waals surface area (Å²) in [6.07, 6.45) is 0. The highest BCUT2D eigenvalue weighted by molar-refractivity contribution is 7.26. The third-order valence-corrected chi connectivity index (χ3v) is 12.1. The molecule has 0 amide bonds. The molecule has 0 spiro atoms. The second kappa shape index (κ2) is 12.4. The van der Waals surface area contributed by atoms with Crippen molar-refractivity contribution in [3.63, 3.8) is 0 Å². The quantitative estimate of drug-likeness (QED) is 0.161. The minimum absolute atomic E-state index is 1.12. The van der Waals surface area contributed by atoms with E-state index in [4.69, 9.17) is 0 Å². The minimum atomic E-state index is 1.12. The van der Waals surface area contributed by atoms with Crippen molar-refractivity contribution in [2.45, 2.75) is 0 Å². The van der Waals surface area contributed by atoms with Crippen molar-refractivity contribution in [3.05, 3.63) is 200 Å². The first-order valence-corrected chi connectivity index (χ1v) is 19.3. The highest BCUT2D eigenvalue weighted by Gasteiger charge is 2.20. The van der Waals surface area contributed by atoms with Gasteiger partial charge in [-0.15, -0.1) is 11.3 Å². The molecular formula is C52H33NS. The Kier molecular flexibility index (Phi) is 7.11. The molecule has 2 heteroatoms. The van der Waals surface area contributed by atoms with Gasteiger partial charge in [-0.05, 0) is 114 Å². The monoisotopic (exact) mass is 703 g/mol. The first-order valence-electron chi connectivity index (χ1n) is 18.5. The Balaban J connectivity index is 1.10. The van der Waals surface area contributed by atoms with Gasteiger partial charge in [0, 0.05) is 31.5 Å². The van der Waals surface area contributed by atoms with Gasteiger partial charge in [-0.3, -0.25) is 0 Å². The summed E-state index contributed by atoms with van der Waals surface area (Å²) >= 11 is 1.87. The molecule has 1 nitrogen and oxygen atoms in total. The van der Waals surface area contributed by atoms with Crippen LogP contribution in [0.5, 0.6) is 0 Å². The molecule has 11 rings (SSSR count). The van der Waals surface area contributed by atoms with Crippen LogP contribution >= 0.6 is 11.3 Å². The number of fused-ring (bicyclic) bond motifs is 9. The van der Waals surface area contributed by atoms with Crippen LogP contribution in [-0.2, 0) is 0 Å². The second-order valence-corrected chi connectivity index (χ2v) is 15.2. The van der Waals surface area contributed by atoms with Crippen molar-refractivity contribution >= 4 is 91.7 Å². The van der Waals surface area contributed by atoms with E-state index in [0.29, 0.717) is 0 Å². The first-order chi connectivity index (χ1) is 26.8. The van der Waals surface area contributed by atoms with Gasteiger partial charge in [0.2, 0.25) is 0 Å². The summed E-state index contributed by atoms with van der Waals surface area (Å²) in [4.78, 5) is 2.45. The van der Waals surface area contributed by atoms with E-state index in [0.717, 1.165) is 11.4 Å². The van der Waals surface area contributed by atoms with Crippen LogP contribution in [0.2, 0.25) is 0 Å². The van der Waals surface area contributed by atoms with Gasteiger partial charge in [0.15, 0.2) is 0 Å². The average Bonchev–Trinajstić information content (AvgIpc) is 3.61. The van der Waals surface area contributed by atoms with Crippen LogP contribution in [0.15, 0.2) is 200 Å². The zero-order chi connectivity index (χ0) is 35.6. The number of anilines is 3. The summed E-state index contributed by atoms with van der Waals surface area (Å²) in [5, 5.41) is 12.8. The molecule has 0 radical (unpaired) electrons. The van der Waals surface area contributed by atoms with E-state index in [1.54, 1.807) is 0 Å². The molecule has 0 saturated carbocycles. The predicted molar refractivity (Wildman–Crippen MR) is 235 cm³/mol. The fourth-order valence-electron chi connectivity index (χ4n) is 8.47. The Hall–Kier alpha value is -6.74. The van der Waals surface area contributed by atoms with Crippen molar-refractivity contribution in [3.8, 4) is 22.3 Å². The van der Waals surface area contributed by atoms with Crippen molar-refractivity contribution in [1.82, 2.24) is 0 Å². The van der Waals surface area contributed by atoms with E-state index >= 15 is 0 Å². The average molecular weight is 704 g/mol. The SMILES string of the molecule is c1ccc(-c2cccc(N(c3ccc(-c4cccc5c4ccc4ccc6ccccc6c45)cc3)c3cccc4sc5cc6ccccc6cc5c34)c2)cc1. The maximum Gasteiger partial charge on any atom is 0.0554 e. The lowest BCUT2D eigenvalue weighted by molar-refractivity contribution is 1.30. The van der Waals surface area contributed by atoms with Crippen LogP contribution in [0.4, 0.5) is 17.1 Å². The second-order valence-electron chi connectivity index (χ2n) is 14.1. The Bertz CT molecular complexity index is 3210. The van der Waals surface area contributed by atoms with Gasteiger partial charge < -0.3 is 4.90 Å². The number of hydrogen-bond donors (Lipinski definition) is 0. The molecule has 0 bridgehead atoms. The van der Waals surface area contributed by atoms with Gasteiger partial charge >= 0.3 is 0 Å². The van der Waals surface area contributed by atoms with Crippen LogP contribution in [0, 0.1) is 0 Å². The molecule has 0 saturated heterocycles. The fourth-order valence-corrected chi connectivity index (χ4v) is 9.62. The Morgan fingerprint density at radius 1 is 0.315 bits per heavy atom. The van der Waals surface area contributed by atoms with Gasteiger partial charge in [-0.1, -0.05) is 152 Å². The van der Waals surface area contributed by atoms with Crippen LogP contribution in [0.3, 0.4) is 0 Å². The molecule has 1 aromatic heterocycles. The lowest BCUT2D eigenvalue weighted by atomic mass is 9.92. The van der Waals surface area contributed by atoms with Gasteiger partial charge in [0.1, 0.15) is 0 Å². The topological polar surface area (TPSA) is 3.24 Å². The lowest BCUT2D eigenvalue weighted by Crippen LogP contribution is -2.10. The summed E-state index contributed by atoms with van der Waals surface area (Å²) in [5.74, 6) is 0. The number of nitrogens with zero attached hydrogens (tertiary/aromatic N) is 1. The highest BCUT2D eigenvalue weighted by Crippen LogP contribution is 2.47. The van der Waals surface area contributed by atoms with E-state index in [1.165, 1.54) is 91.2 Å². The number of rotatable bonds is 5. The molecule has 10 aromatic carbocycles. The van der Waals surface area contributed by atoms with Crippen molar-refractivity contribution in [2.75, 3.05) is 4.90 Å². The van der Waals surface area contributed by atoms with E-state index < -0.39 is 0 Å². The zero-order valence-corrected chi connectivity index (χ0v) is 30.2. The van der Waals surface area contributed by atoms with Crippen molar-refractivity contribution < 1.29 is 0 Å². The molecule has 54 heavy (non-hydrogen) atoms.